The normalized spacial score (nSPS) is 21.8. The summed E-state index contributed by atoms with van der Waals surface area (Å²) in [4.78, 5) is 15.1. The van der Waals surface area contributed by atoms with Gasteiger partial charge in [-0.25, -0.2) is 14.2 Å². The molecule has 0 radical (unpaired) electrons. The maximum absolute atomic E-state index is 14.2. The molecule has 1 aliphatic carbocycles. The minimum absolute atomic E-state index is 0.145. The number of thiazole rings is 1. The van der Waals surface area contributed by atoms with Crippen LogP contribution in [0.15, 0.2) is 16.0 Å². The van der Waals surface area contributed by atoms with Gasteiger partial charge in [-0.2, -0.15) is 0 Å². The van der Waals surface area contributed by atoms with Crippen molar-refractivity contribution >= 4 is 54.5 Å². The highest BCUT2D eigenvalue weighted by molar-refractivity contribution is 9.11. The molecular weight excluding hydrogens is 397 g/mol. The third-order valence-electron chi connectivity index (χ3n) is 3.58. The van der Waals surface area contributed by atoms with Gasteiger partial charge in [0, 0.05) is 23.7 Å². The number of ether oxygens (including phenoxy) is 2. The molecule has 0 saturated heterocycles. The Kier molecular flexibility index (Phi) is 4.84. The highest BCUT2D eigenvalue weighted by atomic mass is 79.9. The van der Waals surface area contributed by atoms with Crippen LogP contribution in [0.5, 0.6) is 5.75 Å². The second kappa shape index (κ2) is 6.68. The number of benzene rings is 1. The molecule has 4 nitrogen and oxygen atoms in total. The first-order chi connectivity index (χ1) is 10.5. The highest BCUT2D eigenvalue weighted by Crippen LogP contribution is 2.33. The van der Waals surface area contributed by atoms with Crippen molar-refractivity contribution in [2.75, 3.05) is 0 Å². The van der Waals surface area contributed by atoms with Gasteiger partial charge in [0.25, 0.3) is 0 Å². The van der Waals surface area contributed by atoms with Crippen LogP contribution in [0.3, 0.4) is 0 Å². The predicted octanol–water partition coefficient (Wildman–Crippen LogP) is 5.26. The third-order valence-corrected chi connectivity index (χ3v) is 5.14. The molecule has 0 spiro atoms. The number of hydrogen-bond acceptors (Lipinski definition) is 5. The average molecular weight is 409 g/mol. The smallest absolute Gasteiger partial charge is 0.404 e. The molecule has 0 aliphatic heterocycles. The van der Waals surface area contributed by atoms with E-state index in [-0.39, 0.29) is 11.9 Å². The van der Waals surface area contributed by atoms with Crippen molar-refractivity contribution in [1.82, 2.24) is 4.98 Å². The lowest BCUT2D eigenvalue weighted by Gasteiger charge is -2.30. The molecule has 22 heavy (non-hydrogen) atoms. The van der Waals surface area contributed by atoms with Crippen LogP contribution in [0.4, 0.5) is 9.18 Å². The molecule has 1 saturated carbocycles. The van der Waals surface area contributed by atoms with Gasteiger partial charge in [-0.3, -0.25) is 0 Å². The van der Waals surface area contributed by atoms with Gasteiger partial charge in [-0.05, 0) is 41.6 Å². The molecule has 1 fully saturated rings. The van der Waals surface area contributed by atoms with Crippen LogP contribution < -0.4 is 4.74 Å². The lowest BCUT2D eigenvalue weighted by atomic mass is 9.94. The van der Waals surface area contributed by atoms with Crippen LogP contribution in [0.2, 0.25) is 0 Å². The molecule has 2 atom stereocenters. The second-order valence-corrected chi connectivity index (χ2v) is 7.67. The molecule has 1 aliphatic rings. The Hall–Kier alpha value is -0.920. The average Bonchev–Trinajstić information content (AvgIpc) is 2.80. The topological polar surface area (TPSA) is 48.4 Å². The zero-order valence-corrected chi connectivity index (χ0v) is 14.5. The van der Waals surface area contributed by atoms with E-state index in [4.69, 9.17) is 21.1 Å². The predicted molar refractivity (Wildman–Crippen MR) is 86.3 cm³/mol. The van der Waals surface area contributed by atoms with Gasteiger partial charge >= 0.3 is 5.43 Å². The van der Waals surface area contributed by atoms with E-state index >= 15 is 0 Å². The molecule has 1 heterocycles. The first kappa shape index (κ1) is 16.0. The monoisotopic (exact) mass is 407 g/mol. The van der Waals surface area contributed by atoms with Gasteiger partial charge in [-0.15, -0.1) is 11.3 Å². The van der Waals surface area contributed by atoms with Crippen molar-refractivity contribution in [3.05, 3.63) is 21.9 Å². The van der Waals surface area contributed by atoms with E-state index in [0.717, 1.165) is 17.5 Å². The summed E-state index contributed by atoms with van der Waals surface area (Å²) in [5, 5.41) is 0. The van der Waals surface area contributed by atoms with Crippen molar-refractivity contribution in [3.63, 3.8) is 0 Å². The molecule has 2 unspecified atom stereocenters. The highest BCUT2D eigenvalue weighted by Gasteiger charge is 2.30. The second-order valence-electron chi connectivity index (χ2n) is 5.05. The van der Waals surface area contributed by atoms with Crippen molar-refractivity contribution in [1.29, 1.82) is 0 Å². The fourth-order valence-corrected chi connectivity index (χ4v) is 4.14. The minimum atomic E-state index is -0.859. The van der Waals surface area contributed by atoms with Crippen LogP contribution >= 0.6 is 38.9 Å². The molecule has 0 amide bonds. The van der Waals surface area contributed by atoms with Crippen LogP contribution in [-0.2, 0) is 4.74 Å². The van der Waals surface area contributed by atoms with E-state index in [1.807, 2.05) is 0 Å². The number of halogens is 3. The van der Waals surface area contributed by atoms with E-state index in [2.05, 4.69) is 20.9 Å². The third kappa shape index (κ3) is 3.52. The van der Waals surface area contributed by atoms with Crippen molar-refractivity contribution in [2.45, 2.75) is 37.9 Å². The lowest BCUT2D eigenvalue weighted by Crippen LogP contribution is -2.37. The molecule has 0 bridgehead atoms. The van der Waals surface area contributed by atoms with E-state index in [1.54, 1.807) is 6.07 Å². The number of carbonyl (C=O) groups is 1. The maximum Gasteiger partial charge on any atom is 0.404 e. The summed E-state index contributed by atoms with van der Waals surface area (Å²) in [5.41, 5.74) is -0.281. The molecule has 3 rings (SSSR count). The largest absolute Gasteiger partial charge is 0.483 e. The van der Waals surface area contributed by atoms with Gasteiger partial charge in [0.1, 0.15) is 12.2 Å². The summed E-state index contributed by atoms with van der Waals surface area (Å²) < 4.78 is 26.5. The summed E-state index contributed by atoms with van der Waals surface area (Å²) in [6.45, 7) is 0. The number of aromatic nitrogens is 1. The van der Waals surface area contributed by atoms with Gasteiger partial charge in [0.2, 0.25) is 0 Å². The van der Waals surface area contributed by atoms with Crippen LogP contribution in [0.1, 0.15) is 25.7 Å². The van der Waals surface area contributed by atoms with Crippen molar-refractivity contribution < 1.29 is 18.7 Å². The Labute approximate surface area is 143 Å². The van der Waals surface area contributed by atoms with Crippen molar-refractivity contribution in [3.8, 4) is 5.75 Å². The maximum atomic E-state index is 14.2. The Morgan fingerprint density at radius 2 is 2.09 bits per heavy atom. The SMILES string of the molecule is O=C(Cl)OC1CCCCC1Oc1cc2sc(Br)nc2cc1F. The summed E-state index contributed by atoms with van der Waals surface area (Å²) >= 11 is 9.97. The minimum Gasteiger partial charge on any atom is -0.483 e. The quantitative estimate of drug-likeness (QED) is 0.650. The molecule has 118 valence electrons. The summed E-state index contributed by atoms with van der Waals surface area (Å²) in [6, 6.07) is 2.97. The van der Waals surface area contributed by atoms with E-state index in [1.165, 1.54) is 17.4 Å². The molecule has 0 N–H and O–H groups in total. The van der Waals surface area contributed by atoms with Gasteiger partial charge in [0.05, 0.1) is 10.2 Å². The molecular formula is C14H12BrClFNO3S. The zero-order valence-electron chi connectivity index (χ0n) is 11.4. The Morgan fingerprint density at radius 1 is 1.36 bits per heavy atom. The fraction of sp³-hybridized carbons (Fsp3) is 0.429. The Balaban J connectivity index is 1.83. The number of fused-ring (bicyclic) bond motifs is 1. The molecule has 1 aromatic heterocycles. The summed E-state index contributed by atoms with van der Waals surface area (Å²) in [6.07, 6.45) is 2.40. The fourth-order valence-electron chi connectivity index (χ4n) is 2.61. The first-order valence-electron chi connectivity index (χ1n) is 6.81. The molecule has 8 heteroatoms. The van der Waals surface area contributed by atoms with Crippen molar-refractivity contribution in [2.24, 2.45) is 0 Å². The van der Waals surface area contributed by atoms with E-state index in [9.17, 15) is 9.18 Å². The lowest BCUT2D eigenvalue weighted by molar-refractivity contribution is -0.000239. The Morgan fingerprint density at radius 3 is 2.82 bits per heavy atom. The first-order valence-corrected chi connectivity index (χ1v) is 8.80. The standard InChI is InChI=1S/C14H12BrClFNO3S/c15-13-18-8-5-7(17)11(6-12(8)22-13)20-9-3-1-2-4-10(9)21-14(16)19/h5-6,9-10H,1-4H2. The molecule has 2 aromatic rings. The number of nitrogens with zero attached hydrogens (tertiary/aromatic N) is 1. The number of rotatable bonds is 3. The number of hydrogen-bond donors (Lipinski definition) is 0. The van der Waals surface area contributed by atoms with Crippen LogP contribution in [-0.4, -0.2) is 22.6 Å². The van der Waals surface area contributed by atoms with Gasteiger partial charge < -0.3 is 9.47 Å². The van der Waals surface area contributed by atoms with E-state index < -0.39 is 17.3 Å². The van der Waals surface area contributed by atoms with Gasteiger partial charge in [-0.1, -0.05) is 0 Å². The van der Waals surface area contributed by atoms with Crippen LogP contribution in [0.25, 0.3) is 10.2 Å². The van der Waals surface area contributed by atoms with E-state index in [0.29, 0.717) is 22.3 Å². The Bertz CT molecular complexity index is 711. The zero-order chi connectivity index (χ0) is 15.7. The summed E-state index contributed by atoms with van der Waals surface area (Å²) in [5.74, 6) is -0.335. The summed E-state index contributed by atoms with van der Waals surface area (Å²) in [7, 11) is 0. The van der Waals surface area contributed by atoms with Gasteiger partial charge in [0.15, 0.2) is 15.5 Å². The van der Waals surface area contributed by atoms with Crippen LogP contribution in [0, 0.1) is 5.82 Å². The number of carbonyl (C=O) groups excluding carboxylic acids is 1. The molecule has 1 aromatic carbocycles.